The Morgan fingerprint density at radius 3 is 3.15 bits per heavy atom. The number of aryl methyl sites for hydroxylation is 1. The van der Waals surface area contributed by atoms with Crippen LogP contribution < -0.4 is 5.32 Å². The van der Waals surface area contributed by atoms with Crippen molar-refractivity contribution in [1.29, 1.82) is 5.26 Å². The molecule has 7 nitrogen and oxygen atoms in total. The molecule has 132 valence electrons. The van der Waals surface area contributed by atoms with E-state index in [1.165, 1.54) is 28.0 Å². The van der Waals surface area contributed by atoms with E-state index < -0.39 is 0 Å². The van der Waals surface area contributed by atoms with Crippen LogP contribution in [0.15, 0.2) is 28.0 Å². The number of carbonyl (C=O) groups is 1. The van der Waals surface area contributed by atoms with Crippen LogP contribution in [-0.2, 0) is 24.7 Å². The fraction of sp³-hybridized carbons (Fsp3) is 0.294. The van der Waals surface area contributed by atoms with E-state index in [2.05, 4.69) is 21.6 Å². The van der Waals surface area contributed by atoms with Crippen LogP contribution in [-0.4, -0.2) is 26.4 Å². The van der Waals surface area contributed by atoms with Crippen molar-refractivity contribution in [2.24, 2.45) is 7.05 Å². The summed E-state index contributed by atoms with van der Waals surface area (Å²) in [7, 11) is 1.83. The molecule has 1 amide bonds. The molecule has 0 bridgehead atoms. The van der Waals surface area contributed by atoms with Crippen molar-refractivity contribution in [3.63, 3.8) is 0 Å². The van der Waals surface area contributed by atoms with Gasteiger partial charge in [0.15, 0.2) is 16.7 Å². The quantitative estimate of drug-likeness (QED) is 0.677. The molecule has 0 saturated carbocycles. The van der Waals surface area contributed by atoms with Crippen molar-refractivity contribution >= 4 is 34.0 Å². The molecule has 0 atom stereocenters. The van der Waals surface area contributed by atoms with E-state index in [-0.39, 0.29) is 11.7 Å². The number of anilines is 1. The van der Waals surface area contributed by atoms with Crippen molar-refractivity contribution in [3.05, 3.63) is 34.4 Å². The lowest BCUT2D eigenvalue weighted by atomic mass is 10.1. The topological polar surface area (TPSA) is 96.7 Å². The van der Waals surface area contributed by atoms with Crippen LogP contribution in [0, 0.1) is 11.3 Å². The van der Waals surface area contributed by atoms with E-state index in [1.807, 2.05) is 13.1 Å². The number of rotatable bonds is 5. The third-order valence-corrected chi connectivity index (χ3v) is 6.42. The van der Waals surface area contributed by atoms with Crippen LogP contribution in [0.1, 0.15) is 22.4 Å². The highest BCUT2D eigenvalue weighted by molar-refractivity contribution is 7.99. The molecule has 9 heteroatoms. The Bertz CT molecular complexity index is 997. The Morgan fingerprint density at radius 2 is 2.38 bits per heavy atom. The van der Waals surface area contributed by atoms with E-state index in [0.717, 1.165) is 24.8 Å². The van der Waals surface area contributed by atoms with Crippen molar-refractivity contribution in [3.8, 4) is 17.7 Å². The van der Waals surface area contributed by atoms with E-state index in [4.69, 9.17) is 4.42 Å². The number of thioether (sulfide) groups is 1. The van der Waals surface area contributed by atoms with Crippen molar-refractivity contribution < 1.29 is 9.21 Å². The number of furan rings is 1. The molecule has 26 heavy (non-hydrogen) atoms. The second-order valence-corrected chi connectivity index (χ2v) is 7.90. The average Bonchev–Trinajstić information content (AvgIpc) is 3.37. The Balaban J connectivity index is 1.42. The minimum atomic E-state index is -0.158. The monoisotopic (exact) mass is 385 g/mol. The summed E-state index contributed by atoms with van der Waals surface area (Å²) in [5.74, 6) is 1.27. The van der Waals surface area contributed by atoms with Gasteiger partial charge in [0, 0.05) is 11.9 Å². The molecule has 0 saturated heterocycles. The number of nitrogens with one attached hydrogen (secondary N) is 1. The highest BCUT2D eigenvalue weighted by Gasteiger charge is 2.23. The first-order valence-corrected chi connectivity index (χ1v) is 9.88. The van der Waals surface area contributed by atoms with E-state index in [1.54, 1.807) is 16.9 Å². The number of nitriles is 1. The molecule has 0 radical (unpaired) electrons. The van der Waals surface area contributed by atoms with Crippen molar-refractivity contribution in [2.45, 2.75) is 24.4 Å². The predicted molar refractivity (Wildman–Crippen MR) is 99.1 cm³/mol. The highest BCUT2D eigenvalue weighted by atomic mass is 32.2. The van der Waals surface area contributed by atoms with Gasteiger partial charge in [0.1, 0.15) is 11.1 Å². The van der Waals surface area contributed by atoms with Gasteiger partial charge < -0.3 is 14.3 Å². The smallest absolute Gasteiger partial charge is 0.235 e. The lowest BCUT2D eigenvalue weighted by molar-refractivity contribution is -0.113. The highest BCUT2D eigenvalue weighted by Crippen LogP contribution is 2.38. The molecule has 1 N–H and O–H groups in total. The summed E-state index contributed by atoms with van der Waals surface area (Å²) < 4.78 is 7.12. The first kappa shape index (κ1) is 16.9. The van der Waals surface area contributed by atoms with E-state index >= 15 is 0 Å². The summed E-state index contributed by atoms with van der Waals surface area (Å²) in [5, 5.41) is 21.8. The number of fused-ring (bicyclic) bond motifs is 1. The molecule has 0 spiro atoms. The van der Waals surface area contributed by atoms with Crippen molar-refractivity contribution in [2.75, 3.05) is 11.1 Å². The molecule has 1 aliphatic rings. The molecular weight excluding hydrogens is 370 g/mol. The van der Waals surface area contributed by atoms with Crippen LogP contribution in [0.5, 0.6) is 0 Å². The summed E-state index contributed by atoms with van der Waals surface area (Å²) >= 11 is 2.81. The molecule has 3 heterocycles. The van der Waals surface area contributed by atoms with Crippen LogP contribution >= 0.6 is 23.1 Å². The molecule has 3 aromatic heterocycles. The van der Waals surface area contributed by atoms with Crippen LogP contribution in [0.3, 0.4) is 0 Å². The largest absolute Gasteiger partial charge is 0.461 e. The maximum absolute atomic E-state index is 12.3. The molecule has 1 aliphatic carbocycles. The summed E-state index contributed by atoms with van der Waals surface area (Å²) in [4.78, 5) is 13.5. The number of amides is 1. The van der Waals surface area contributed by atoms with Crippen LogP contribution in [0.2, 0.25) is 0 Å². The van der Waals surface area contributed by atoms with Gasteiger partial charge in [-0.3, -0.25) is 4.79 Å². The fourth-order valence-corrected chi connectivity index (χ4v) is 4.93. The Hall–Kier alpha value is -2.57. The third-order valence-electron chi connectivity index (χ3n) is 4.19. The van der Waals surface area contributed by atoms with Gasteiger partial charge in [-0.05, 0) is 37.0 Å². The van der Waals surface area contributed by atoms with Gasteiger partial charge in [-0.1, -0.05) is 11.8 Å². The number of thiophene rings is 1. The Kier molecular flexibility index (Phi) is 4.53. The van der Waals surface area contributed by atoms with Crippen molar-refractivity contribution in [1.82, 2.24) is 14.8 Å². The van der Waals surface area contributed by atoms with Crippen LogP contribution in [0.4, 0.5) is 5.00 Å². The molecule has 0 aromatic carbocycles. The van der Waals surface area contributed by atoms with Gasteiger partial charge in [-0.15, -0.1) is 21.5 Å². The van der Waals surface area contributed by atoms with Gasteiger partial charge >= 0.3 is 0 Å². The van der Waals surface area contributed by atoms with Gasteiger partial charge in [-0.2, -0.15) is 5.26 Å². The zero-order valence-electron chi connectivity index (χ0n) is 14.0. The Labute approximate surface area is 158 Å². The summed E-state index contributed by atoms with van der Waals surface area (Å²) in [6.07, 6.45) is 4.58. The number of aromatic nitrogens is 3. The number of hydrogen-bond acceptors (Lipinski definition) is 7. The first-order valence-electron chi connectivity index (χ1n) is 8.08. The lowest BCUT2D eigenvalue weighted by Gasteiger charge is -2.04. The molecule has 4 rings (SSSR count). The summed E-state index contributed by atoms with van der Waals surface area (Å²) in [5.41, 5.74) is 1.73. The summed E-state index contributed by atoms with van der Waals surface area (Å²) in [6.45, 7) is 0. The number of carbonyl (C=O) groups excluding carboxylic acids is 1. The minimum Gasteiger partial charge on any atom is -0.461 e. The maximum Gasteiger partial charge on any atom is 0.235 e. The van der Waals surface area contributed by atoms with Gasteiger partial charge in [0.25, 0.3) is 0 Å². The molecular formula is C17H15N5O2S2. The minimum absolute atomic E-state index is 0.158. The molecule has 3 aromatic rings. The second-order valence-electron chi connectivity index (χ2n) is 5.85. The fourth-order valence-electron chi connectivity index (χ4n) is 2.96. The zero-order valence-corrected chi connectivity index (χ0v) is 15.6. The number of hydrogen-bond donors (Lipinski definition) is 1. The lowest BCUT2D eigenvalue weighted by Crippen LogP contribution is -2.14. The zero-order chi connectivity index (χ0) is 18.1. The normalized spacial score (nSPS) is 12.8. The molecule has 0 aliphatic heterocycles. The third kappa shape index (κ3) is 3.02. The number of nitrogens with zero attached hydrogens (tertiary/aromatic N) is 4. The summed E-state index contributed by atoms with van der Waals surface area (Å²) in [6, 6.07) is 5.83. The van der Waals surface area contributed by atoms with Crippen LogP contribution in [0.25, 0.3) is 11.6 Å². The maximum atomic E-state index is 12.3. The average molecular weight is 385 g/mol. The SMILES string of the molecule is Cn1c(SCC(=O)Nc2sc3c(c2C#N)CCC3)nnc1-c1ccco1. The standard InChI is InChI=1S/C17H15N5O2S2/c1-22-15(12-5-3-7-24-12)20-21-17(22)25-9-14(23)19-16-11(8-18)10-4-2-6-13(10)26-16/h3,5,7H,2,4,6,9H2,1H3,(H,19,23). The molecule has 0 unspecified atom stereocenters. The second kappa shape index (κ2) is 6.97. The van der Waals surface area contributed by atoms with Gasteiger partial charge in [0.2, 0.25) is 5.91 Å². The predicted octanol–water partition coefficient (Wildman–Crippen LogP) is 3.23. The van der Waals surface area contributed by atoms with Gasteiger partial charge in [-0.25, -0.2) is 0 Å². The molecule has 0 fully saturated rings. The van der Waals surface area contributed by atoms with E-state index in [9.17, 15) is 10.1 Å². The van der Waals surface area contributed by atoms with Gasteiger partial charge in [0.05, 0.1) is 17.6 Å². The first-order chi connectivity index (χ1) is 12.7. The van der Waals surface area contributed by atoms with E-state index in [0.29, 0.717) is 27.3 Å². The Morgan fingerprint density at radius 1 is 1.50 bits per heavy atom.